The average Bonchev–Trinajstić information content (AvgIpc) is 3.16. The van der Waals surface area contributed by atoms with Gasteiger partial charge < -0.3 is 9.73 Å². The van der Waals surface area contributed by atoms with Crippen molar-refractivity contribution in [3.8, 4) is 0 Å². The first-order valence-electron chi connectivity index (χ1n) is 6.70. The molecule has 19 heavy (non-hydrogen) atoms. The van der Waals surface area contributed by atoms with E-state index in [9.17, 15) is 4.79 Å². The highest BCUT2D eigenvalue weighted by molar-refractivity contribution is 5.93. The molecule has 1 saturated heterocycles. The molecule has 7 heteroatoms. The highest BCUT2D eigenvalue weighted by atomic mass is 35.5. The van der Waals surface area contributed by atoms with Crippen molar-refractivity contribution in [2.45, 2.75) is 50.5 Å². The SMILES string of the molecule is Cl.O=C(Nc1nnc(C2CC2)o1)[C@H]1CCCCCN1. The second-order valence-corrected chi connectivity index (χ2v) is 5.07. The maximum Gasteiger partial charge on any atom is 0.322 e. The molecule has 1 aliphatic carbocycles. The summed E-state index contributed by atoms with van der Waals surface area (Å²) in [5.41, 5.74) is 0. The topological polar surface area (TPSA) is 80.1 Å². The van der Waals surface area contributed by atoms with Gasteiger partial charge >= 0.3 is 6.01 Å². The first kappa shape index (κ1) is 14.3. The highest BCUT2D eigenvalue weighted by Gasteiger charge is 2.30. The minimum Gasteiger partial charge on any atom is -0.408 e. The third kappa shape index (κ3) is 3.67. The molecule has 3 rings (SSSR count). The van der Waals surface area contributed by atoms with Crippen molar-refractivity contribution in [3.63, 3.8) is 0 Å². The Hall–Kier alpha value is -1.14. The van der Waals surface area contributed by atoms with Gasteiger partial charge in [0.2, 0.25) is 11.8 Å². The third-order valence-electron chi connectivity index (χ3n) is 3.47. The van der Waals surface area contributed by atoms with E-state index in [2.05, 4.69) is 20.8 Å². The number of nitrogens with zero attached hydrogens (tertiary/aromatic N) is 2. The second kappa shape index (κ2) is 6.34. The molecule has 0 aromatic carbocycles. The zero-order valence-corrected chi connectivity index (χ0v) is 11.5. The molecule has 2 heterocycles. The number of hydrogen-bond acceptors (Lipinski definition) is 5. The minimum absolute atomic E-state index is 0. The fraction of sp³-hybridized carbons (Fsp3) is 0.750. The first-order chi connectivity index (χ1) is 8.83. The normalized spacial score (nSPS) is 23.3. The Bertz CT molecular complexity index is 425. The summed E-state index contributed by atoms with van der Waals surface area (Å²) in [6, 6.07) is 0.0942. The number of carbonyl (C=O) groups is 1. The lowest BCUT2D eigenvalue weighted by Crippen LogP contribution is -2.39. The van der Waals surface area contributed by atoms with Crippen molar-refractivity contribution < 1.29 is 9.21 Å². The van der Waals surface area contributed by atoms with Gasteiger partial charge in [-0.1, -0.05) is 17.9 Å². The van der Waals surface area contributed by atoms with Crippen molar-refractivity contribution in [2.75, 3.05) is 11.9 Å². The Balaban J connectivity index is 0.00000133. The summed E-state index contributed by atoms with van der Waals surface area (Å²) in [6.07, 6.45) is 6.50. The molecule has 1 atom stereocenters. The van der Waals surface area contributed by atoms with Crippen LogP contribution in [0.15, 0.2) is 4.42 Å². The number of hydrogen-bond donors (Lipinski definition) is 2. The molecule has 6 nitrogen and oxygen atoms in total. The molecular formula is C12H19ClN4O2. The zero-order chi connectivity index (χ0) is 12.4. The largest absolute Gasteiger partial charge is 0.408 e. The van der Waals surface area contributed by atoms with E-state index in [-0.39, 0.29) is 30.4 Å². The number of amides is 1. The van der Waals surface area contributed by atoms with Crippen LogP contribution in [0.5, 0.6) is 0 Å². The molecule has 0 radical (unpaired) electrons. The van der Waals surface area contributed by atoms with Crippen LogP contribution in [0.4, 0.5) is 6.01 Å². The molecule has 106 valence electrons. The van der Waals surface area contributed by atoms with Crippen LogP contribution < -0.4 is 10.6 Å². The Morgan fingerprint density at radius 2 is 2.05 bits per heavy atom. The lowest BCUT2D eigenvalue weighted by molar-refractivity contribution is -0.118. The fourth-order valence-electron chi connectivity index (χ4n) is 2.23. The predicted octanol–water partition coefficient (Wildman–Crippen LogP) is 1.84. The van der Waals surface area contributed by atoms with Gasteiger partial charge in [0.05, 0.1) is 6.04 Å². The Kier molecular flexibility index (Phi) is 4.76. The van der Waals surface area contributed by atoms with Gasteiger partial charge in [-0.25, -0.2) is 0 Å². The molecule has 1 aliphatic heterocycles. The van der Waals surface area contributed by atoms with E-state index in [1.165, 1.54) is 6.42 Å². The van der Waals surface area contributed by atoms with E-state index >= 15 is 0 Å². The van der Waals surface area contributed by atoms with Crippen LogP contribution in [-0.2, 0) is 4.79 Å². The summed E-state index contributed by atoms with van der Waals surface area (Å²) in [6.45, 7) is 0.898. The average molecular weight is 287 g/mol. The van der Waals surface area contributed by atoms with E-state index in [1.54, 1.807) is 0 Å². The summed E-state index contributed by atoms with van der Waals surface area (Å²) in [5.74, 6) is 1.00. The van der Waals surface area contributed by atoms with E-state index in [0.29, 0.717) is 11.8 Å². The number of halogens is 1. The lowest BCUT2D eigenvalue weighted by atomic mass is 10.1. The smallest absolute Gasteiger partial charge is 0.322 e. The van der Waals surface area contributed by atoms with Crippen LogP contribution in [0.3, 0.4) is 0 Å². The summed E-state index contributed by atoms with van der Waals surface area (Å²) >= 11 is 0. The van der Waals surface area contributed by atoms with Gasteiger partial charge in [-0.05, 0) is 32.2 Å². The van der Waals surface area contributed by atoms with E-state index in [1.807, 2.05) is 0 Å². The predicted molar refractivity (Wildman–Crippen MR) is 72.4 cm³/mol. The van der Waals surface area contributed by atoms with E-state index in [4.69, 9.17) is 4.42 Å². The maximum absolute atomic E-state index is 12.0. The van der Waals surface area contributed by atoms with Crippen LogP contribution in [0.2, 0.25) is 0 Å². The molecule has 0 spiro atoms. The zero-order valence-electron chi connectivity index (χ0n) is 10.7. The van der Waals surface area contributed by atoms with Gasteiger partial charge in [0, 0.05) is 5.92 Å². The number of nitrogens with one attached hydrogen (secondary N) is 2. The van der Waals surface area contributed by atoms with E-state index in [0.717, 1.165) is 38.6 Å². The van der Waals surface area contributed by atoms with Gasteiger partial charge in [0.15, 0.2) is 0 Å². The van der Waals surface area contributed by atoms with Crippen LogP contribution in [0, 0.1) is 0 Å². The maximum atomic E-state index is 12.0. The molecule has 2 fully saturated rings. The monoisotopic (exact) mass is 286 g/mol. The van der Waals surface area contributed by atoms with Gasteiger partial charge in [-0.2, -0.15) is 0 Å². The summed E-state index contributed by atoms with van der Waals surface area (Å²) < 4.78 is 5.42. The highest BCUT2D eigenvalue weighted by Crippen LogP contribution is 2.39. The van der Waals surface area contributed by atoms with Gasteiger partial charge in [0.1, 0.15) is 0 Å². The van der Waals surface area contributed by atoms with Gasteiger partial charge in [-0.3, -0.25) is 10.1 Å². The standard InChI is InChI=1S/C12H18N4O2.ClH/c17-10(9-4-2-1-3-7-13-9)14-12-16-15-11(18-12)8-5-6-8;/h8-9,13H,1-7H2,(H,14,16,17);1H/t9-;/m1./s1. The molecule has 1 aromatic rings. The van der Waals surface area contributed by atoms with Crippen LogP contribution in [0.1, 0.15) is 50.3 Å². The third-order valence-corrected chi connectivity index (χ3v) is 3.47. The molecule has 0 bridgehead atoms. The molecule has 2 N–H and O–H groups in total. The van der Waals surface area contributed by atoms with Crippen molar-refractivity contribution in [1.82, 2.24) is 15.5 Å². The first-order valence-corrected chi connectivity index (χ1v) is 6.70. The number of anilines is 1. The molecular weight excluding hydrogens is 268 g/mol. The quantitative estimate of drug-likeness (QED) is 0.886. The van der Waals surface area contributed by atoms with Crippen molar-refractivity contribution in [3.05, 3.63) is 5.89 Å². The fourth-order valence-corrected chi connectivity index (χ4v) is 2.23. The summed E-state index contributed by atoms with van der Waals surface area (Å²) in [4.78, 5) is 12.0. The van der Waals surface area contributed by atoms with Gasteiger partial charge in [0.25, 0.3) is 0 Å². The molecule has 2 aliphatic rings. The van der Waals surface area contributed by atoms with Crippen LogP contribution in [-0.4, -0.2) is 28.7 Å². The second-order valence-electron chi connectivity index (χ2n) is 5.07. The van der Waals surface area contributed by atoms with Crippen LogP contribution >= 0.6 is 12.4 Å². The number of carbonyl (C=O) groups excluding carboxylic acids is 1. The van der Waals surface area contributed by atoms with Crippen LogP contribution in [0.25, 0.3) is 0 Å². The summed E-state index contributed by atoms with van der Waals surface area (Å²) in [7, 11) is 0. The Morgan fingerprint density at radius 3 is 2.84 bits per heavy atom. The summed E-state index contributed by atoms with van der Waals surface area (Å²) in [5, 5.41) is 13.7. The van der Waals surface area contributed by atoms with Crippen molar-refractivity contribution in [1.29, 1.82) is 0 Å². The molecule has 1 saturated carbocycles. The van der Waals surface area contributed by atoms with Crippen molar-refractivity contribution >= 4 is 24.3 Å². The molecule has 1 aromatic heterocycles. The lowest BCUT2D eigenvalue weighted by Gasteiger charge is -2.13. The van der Waals surface area contributed by atoms with Crippen molar-refractivity contribution in [2.24, 2.45) is 0 Å². The molecule has 0 unspecified atom stereocenters. The Morgan fingerprint density at radius 1 is 1.21 bits per heavy atom. The number of rotatable bonds is 3. The van der Waals surface area contributed by atoms with E-state index < -0.39 is 0 Å². The Labute approximate surface area is 118 Å². The van der Waals surface area contributed by atoms with Gasteiger partial charge in [-0.15, -0.1) is 17.5 Å². The number of aromatic nitrogens is 2. The molecule has 1 amide bonds. The minimum atomic E-state index is -0.135.